The zero-order chi connectivity index (χ0) is 23.8. The van der Waals surface area contributed by atoms with E-state index in [9.17, 15) is 4.79 Å². The summed E-state index contributed by atoms with van der Waals surface area (Å²) in [6, 6.07) is 15.4. The normalized spacial score (nSPS) is 13.3. The first kappa shape index (κ1) is 24.0. The van der Waals surface area contributed by atoms with E-state index in [0.29, 0.717) is 36.2 Å². The van der Waals surface area contributed by atoms with E-state index in [2.05, 4.69) is 15.3 Å². The summed E-state index contributed by atoms with van der Waals surface area (Å²) in [4.78, 5) is 22.0. The number of carbonyl (C=O) groups excluding carboxylic acids is 1. The molecule has 0 amide bonds. The standard InChI is InChI=1S/C25H29N3O5/c1-6-32-27-18(3)25(4,24(29)30-5)15-19-9-13-21(14-10-19)31-16-22-26-23(28-33-22)20-11-7-17(2)8-12-20/h7-14H,6,15-16H2,1-5H3. The van der Waals surface area contributed by atoms with E-state index in [1.54, 1.807) is 13.8 Å². The van der Waals surface area contributed by atoms with Crippen LogP contribution in [0.5, 0.6) is 5.75 Å². The molecule has 0 bridgehead atoms. The minimum atomic E-state index is -0.942. The summed E-state index contributed by atoms with van der Waals surface area (Å²) in [5, 5.41) is 8.07. The molecule has 174 valence electrons. The van der Waals surface area contributed by atoms with E-state index in [1.165, 1.54) is 7.11 Å². The van der Waals surface area contributed by atoms with Gasteiger partial charge >= 0.3 is 5.97 Å². The molecular weight excluding hydrogens is 422 g/mol. The number of aromatic nitrogens is 2. The van der Waals surface area contributed by atoms with Crippen LogP contribution in [0.15, 0.2) is 58.2 Å². The molecule has 33 heavy (non-hydrogen) atoms. The van der Waals surface area contributed by atoms with Crippen LogP contribution in [-0.2, 0) is 27.4 Å². The number of hydrogen-bond acceptors (Lipinski definition) is 8. The molecular formula is C25H29N3O5. The number of nitrogens with zero attached hydrogens (tertiary/aromatic N) is 3. The van der Waals surface area contributed by atoms with Gasteiger partial charge in [0, 0.05) is 5.56 Å². The summed E-state index contributed by atoms with van der Waals surface area (Å²) in [5.74, 6) is 1.18. The number of aryl methyl sites for hydroxylation is 1. The number of methoxy groups -OCH3 is 1. The van der Waals surface area contributed by atoms with Crippen LogP contribution >= 0.6 is 0 Å². The molecule has 0 saturated carbocycles. The van der Waals surface area contributed by atoms with Crippen molar-refractivity contribution in [3.63, 3.8) is 0 Å². The predicted molar refractivity (Wildman–Crippen MR) is 124 cm³/mol. The summed E-state index contributed by atoms with van der Waals surface area (Å²) in [6.07, 6.45) is 0.409. The zero-order valence-electron chi connectivity index (χ0n) is 19.6. The first-order valence-electron chi connectivity index (χ1n) is 10.7. The minimum Gasteiger partial charge on any atom is -0.484 e. The Balaban J connectivity index is 1.64. The Morgan fingerprint density at radius 3 is 2.45 bits per heavy atom. The highest BCUT2D eigenvalue weighted by Gasteiger charge is 2.38. The summed E-state index contributed by atoms with van der Waals surface area (Å²) in [6.45, 7) is 7.99. The Hall–Kier alpha value is -3.68. The molecule has 0 spiro atoms. The average molecular weight is 452 g/mol. The second kappa shape index (κ2) is 10.8. The quantitative estimate of drug-likeness (QED) is 0.249. The number of ether oxygens (including phenoxy) is 2. The van der Waals surface area contributed by atoms with Crippen molar-refractivity contribution in [1.82, 2.24) is 10.1 Å². The predicted octanol–water partition coefficient (Wildman–Crippen LogP) is 4.76. The fourth-order valence-electron chi connectivity index (χ4n) is 3.23. The van der Waals surface area contributed by atoms with Gasteiger partial charge in [0.25, 0.3) is 5.89 Å². The Labute approximate surface area is 193 Å². The minimum absolute atomic E-state index is 0.151. The second-order valence-corrected chi connectivity index (χ2v) is 7.91. The van der Waals surface area contributed by atoms with Gasteiger partial charge in [-0.05, 0) is 51.8 Å². The molecule has 3 rings (SSSR count). The van der Waals surface area contributed by atoms with Gasteiger partial charge in [0.15, 0.2) is 6.61 Å². The summed E-state index contributed by atoms with van der Waals surface area (Å²) < 4.78 is 16.1. The molecule has 0 N–H and O–H groups in total. The fourth-order valence-corrected chi connectivity index (χ4v) is 3.23. The van der Waals surface area contributed by atoms with E-state index in [0.717, 1.165) is 16.7 Å². The van der Waals surface area contributed by atoms with Gasteiger partial charge in [0.05, 0.1) is 12.8 Å². The molecule has 0 aliphatic rings. The lowest BCUT2D eigenvalue weighted by atomic mass is 9.79. The molecule has 0 radical (unpaired) electrons. The maximum Gasteiger partial charge on any atom is 0.317 e. The number of rotatable bonds is 10. The molecule has 1 atom stereocenters. The smallest absolute Gasteiger partial charge is 0.317 e. The molecule has 8 nitrogen and oxygen atoms in total. The topological polar surface area (TPSA) is 96.0 Å². The van der Waals surface area contributed by atoms with Crippen molar-refractivity contribution in [3.05, 3.63) is 65.5 Å². The Kier molecular flexibility index (Phi) is 7.82. The molecule has 1 aromatic heterocycles. The highest BCUT2D eigenvalue weighted by Crippen LogP contribution is 2.28. The van der Waals surface area contributed by atoms with Crippen LogP contribution in [0.1, 0.15) is 37.8 Å². The van der Waals surface area contributed by atoms with E-state index >= 15 is 0 Å². The third-order valence-corrected chi connectivity index (χ3v) is 5.39. The number of oxime groups is 1. The van der Waals surface area contributed by atoms with Gasteiger partial charge in [-0.15, -0.1) is 0 Å². The maximum absolute atomic E-state index is 12.5. The summed E-state index contributed by atoms with van der Waals surface area (Å²) in [5.41, 5.74) is 2.59. The average Bonchev–Trinajstić information content (AvgIpc) is 3.31. The van der Waals surface area contributed by atoms with Crippen molar-refractivity contribution in [2.45, 2.75) is 40.7 Å². The van der Waals surface area contributed by atoms with Gasteiger partial charge < -0.3 is 18.8 Å². The van der Waals surface area contributed by atoms with Crippen molar-refractivity contribution >= 4 is 11.7 Å². The third kappa shape index (κ3) is 5.97. The molecule has 1 unspecified atom stereocenters. The SMILES string of the molecule is CCON=C(C)C(C)(Cc1ccc(OCc2nc(-c3ccc(C)cc3)no2)cc1)C(=O)OC. The molecule has 1 heterocycles. The molecule has 0 aliphatic carbocycles. The van der Waals surface area contributed by atoms with E-state index < -0.39 is 5.41 Å². The Bertz CT molecular complexity index is 1090. The van der Waals surface area contributed by atoms with Crippen molar-refractivity contribution in [1.29, 1.82) is 0 Å². The van der Waals surface area contributed by atoms with E-state index in [-0.39, 0.29) is 12.6 Å². The van der Waals surface area contributed by atoms with Crippen LogP contribution < -0.4 is 4.74 Å². The van der Waals surface area contributed by atoms with Gasteiger partial charge in [-0.1, -0.05) is 52.3 Å². The zero-order valence-corrected chi connectivity index (χ0v) is 19.6. The van der Waals surface area contributed by atoms with Crippen LogP contribution in [-0.4, -0.2) is 35.5 Å². The van der Waals surface area contributed by atoms with Crippen molar-refractivity contribution in [3.8, 4) is 17.1 Å². The van der Waals surface area contributed by atoms with Crippen molar-refractivity contribution < 1.29 is 23.6 Å². The van der Waals surface area contributed by atoms with Crippen LogP contribution in [0.2, 0.25) is 0 Å². The molecule has 0 saturated heterocycles. The first-order chi connectivity index (χ1) is 15.9. The van der Waals surface area contributed by atoms with E-state index in [4.69, 9.17) is 18.8 Å². The van der Waals surface area contributed by atoms with Crippen molar-refractivity contribution in [2.75, 3.05) is 13.7 Å². The Morgan fingerprint density at radius 1 is 1.12 bits per heavy atom. The number of esters is 1. The molecule has 2 aromatic carbocycles. The summed E-state index contributed by atoms with van der Waals surface area (Å²) >= 11 is 0. The second-order valence-electron chi connectivity index (χ2n) is 7.91. The number of benzene rings is 2. The summed E-state index contributed by atoms with van der Waals surface area (Å²) in [7, 11) is 1.37. The highest BCUT2D eigenvalue weighted by molar-refractivity contribution is 6.05. The fraction of sp³-hybridized carbons (Fsp3) is 0.360. The lowest BCUT2D eigenvalue weighted by Crippen LogP contribution is -2.38. The van der Waals surface area contributed by atoms with Crippen LogP contribution in [0.4, 0.5) is 0 Å². The number of hydrogen-bond donors (Lipinski definition) is 0. The first-order valence-corrected chi connectivity index (χ1v) is 10.7. The molecule has 3 aromatic rings. The lowest BCUT2D eigenvalue weighted by Gasteiger charge is -2.26. The van der Waals surface area contributed by atoms with Gasteiger partial charge in [-0.2, -0.15) is 4.98 Å². The third-order valence-electron chi connectivity index (χ3n) is 5.39. The molecule has 0 fully saturated rings. The monoisotopic (exact) mass is 451 g/mol. The maximum atomic E-state index is 12.5. The Morgan fingerprint density at radius 2 is 1.82 bits per heavy atom. The van der Waals surface area contributed by atoms with Gasteiger partial charge in [0.1, 0.15) is 17.8 Å². The highest BCUT2D eigenvalue weighted by atomic mass is 16.6. The van der Waals surface area contributed by atoms with Gasteiger partial charge in [-0.25, -0.2) is 0 Å². The largest absolute Gasteiger partial charge is 0.484 e. The van der Waals surface area contributed by atoms with Gasteiger partial charge in [-0.3, -0.25) is 4.79 Å². The van der Waals surface area contributed by atoms with Crippen molar-refractivity contribution in [2.24, 2.45) is 10.6 Å². The molecule has 0 aliphatic heterocycles. The van der Waals surface area contributed by atoms with E-state index in [1.807, 2.05) is 62.4 Å². The van der Waals surface area contributed by atoms with Gasteiger partial charge in [0.2, 0.25) is 5.82 Å². The van der Waals surface area contributed by atoms with Crippen LogP contribution in [0, 0.1) is 12.3 Å². The number of carbonyl (C=O) groups is 1. The van der Waals surface area contributed by atoms with Crippen LogP contribution in [0.25, 0.3) is 11.4 Å². The van der Waals surface area contributed by atoms with Crippen LogP contribution in [0.3, 0.4) is 0 Å². The molecule has 8 heteroatoms. The lowest BCUT2D eigenvalue weighted by molar-refractivity contribution is -0.147.